The van der Waals surface area contributed by atoms with Gasteiger partial charge in [-0.1, -0.05) is 12.2 Å². The van der Waals surface area contributed by atoms with Gasteiger partial charge in [0, 0.05) is 5.88 Å². The van der Waals surface area contributed by atoms with E-state index in [1.807, 2.05) is 0 Å². The van der Waals surface area contributed by atoms with Crippen LogP contribution in [0.15, 0.2) is 12.2 Å². The van der Waals surface area contributed by atoms with Crippen LogP contribution in [0.1, 0.15) is 26.2 Å². The molecule has 13 heavy (non-hydrogen) atoms. The van der Waals surface area contributed by atoms with Crippen molar-refractivity contribution in [1.82, 2.24) is 0 Å². The van der Waals surface area contributed by atoms with Crippen LogP contribution >= 0.6 is 11.6 Å². The van der Waals surface area contributed by atoms with Gasteiger partial charge in [0.1, 0.15) is 0 Å². The van der Waals surface area contributed by atoms with E-state index in [0.717, 1.165) is 12.0 Å². The molecule has 3 atom stereocenters. The van der Waals surface area contributed by atoms with Crippen molar-refractivity contribution >= 4 is 11.6 Å². The summed E-state index contributed by atoms with van der Waals surface area (Å²) in [4.78, 5) is 0. The van der Waals surface area contributed by atoms with E-state index in [1.54, 1.807) is 6.92 Å². The highest BCUT2D eigenvalue weighted by atomic mass is 35.5. The predicted octanol–water partition coefficient (Wildman–Crippen LogP) is 1.69. The van der Waals surface area contributed by atoms with E-state index < -0.39 is 11.7 Å². The number of hydrogen-bond acceptors (Lipinski definition) is 2. The molecule has 2 N–H and O–H groups in total. The molecule has 2 nitrogen and oxygen atoms in total. The second-order valence-electron chi connectivity index (χ2n) is 4.14. The van der Waals surface area contributed by atoms with Crippen molar-refractivity contribution in [3.05, 3.63) is 12.2 Å². The van der Waals surface area contributed by atoms with Crippen LogP contribution in [-0.4, -0.2) is 27.8 Å². The Morgan fingerprint density at radius 1 is 1.69 bits per heavy atom. The topological polar surface area (TPSA) is 40.5 Å². The maximum Gasteiger partial charge on any atom is 0.0877 e. The molecule has 0 aliphatic heterocycles. The molecule has 0 heterocycles. The summed E-state index contributed by atoms with van der Waals surface area (Å²) < 4.78 is 0. The smallest absolute Gasteiger partial charge is 0.0877 e. The van der Waals surface area contributed by atoms with Crippen molar-refractivity contribution in [2.45, 2.75) is 37.9 Å². The fraction of sp³-hybridized carbons (Fsp3) is 0.800. The number of alkyl halides is 1. The average molecular weight is 205 g/mol. The lowest BCUT2D eigenvalue weighted by Crippen LogP contribution is -2.44. The summed E-state index contributed by atoms with van der Waals surface area (Å²) in [7, 11) is 0. The monoisotopic (exact) mass is 204 g/mol. The minimum atomic E-state index is -0.927. The quantitative estimate of drug-likeness (QED) is 0.531. The SMILES string of the molecule is C=C(CCl)C1CCC(C)(O)C(O)C1. The Labute approximate surface area is 84.2 Å². The van der Waals surface area contributed by atoms with Gasteiger partial charge in [-0.3, -0.25) is 0 Å². The number of rotatable bonds is 2. The predicted molar refractivity (Wildman–Crippen MR) is 53.8 cm³/mol. The number of halogens is 1. The Hall–Kier alpha value is -0.0500. The Kier molecular flexibility index (Phi) is 3.38. The fourth-order valence-electron chi connectivity index (χ4n) is 1.75. The molecule has 1 aliphatic carbocycles. The summed E-state index contributed by atoms with van der Waals surface area (Å²) in [5.41, 5.74) is 0.0412. The molecule has 1 rings (SSSR count). The van der Waals surface area contributed by atoms with Gasteiger partial charge in [-0.15, -0.1) is 11.6 Å². The van der Waals surface area contributed by atoms with Crippen LogP contribution in [-0.2, 0) is 0 Å². The number of aliphatic hydroxyl groups excluding tert-OH is 1. The molecule has 1 saturated carbocycles. The van der Waals surface area contributed by atoms with Crippen LogP contribution in [0.25, 0.3) is 0 Å². The third-order valence-corrected chi connectivity index (χ3v) is 3.32. The molecule has 0 amide bonds. The lowest BCUT2D eigenvalue weighted by Gasteiger charge is -2.38. The summed E-state index contributed by atoms with van der Waals surface area (Å²) >= 11 is 5.66. The minimum Gasteiger partial charge on any atom is -0.390 e. The first-order valence-corrected chi connectivity index (χ1v) is 5.15. The summed E-state index contributed by atoms with van der Waals surface area (Å²) in [6.45, 7) is 5.53. The summed E-state index contributed by atoms with van der Waals surface area (Å²) in [6.07, 6.45) is 1.43. The van der Waals surface area contributed by atoms with Gasteiger partial charge in [-0.25, -0.2) is 0 Å². The number of aliphatic hydroxyl groups is 2. The van der Waals surface area contributed by atoms with Crippen molar-refractivity contribution < 1.29 is 10.2 Å². The molecule has 76 valence electrons. The van der Waals surface area contributed by atoms with Gasteiger partial charge in [0.25, 0.3) is 0 Å². The van der Waals surface area contributed by atoms with Crippen molar-refractivity contribution in [1.29, 1.82) is 0 Å². The second-order valence-corrected chi connectivity index (χ2v) is 4.40. The van der Waals surface area contributed by atoms with E-state index >= 15 is 0 Å². The van der Waals surface area contributed by atoms with Gasteiger partial charge in [-0.05, 0) is 32.1 Å². The molecular weight excluding hydrogens is 188 g/mol. The average Bonchev–Trinajstić information content (AvgIpc) is 2.08. The van der Waals surface area contributed by atoms with E-state index in [2.05, 4.69) is 6.58 Å². The lowest BCUT2D eigenvalue weighted by atomic mass is 9.75. The van der Waals surface area contributed by atoms with Crippen LogP contribution in [0.3, 0.4) is 0 Å². The molecule has 1 fully saturated rings. The third kappa shape index (κ3) is 2.46. The molecule has 0 aromatic heterocycles. The van der Waals surface area contributed by atoms with Gasteiger partial charge in [0.2, 0.25) is 0 Å². The van der Waals surface area contributed by atoms with E-state index in [-0.39, 0.29) is 5.92 Å². The summed E-state index contributed by atoms with van der Waals surface area (Å²) in [5, 5.41) is 19.3. The molecule has 0 spiro atoms. The van der Waals surface area contributed by atoms with E-state index in [0.29, 0.717) is 18.7 Å². The van der Waals surface area contributed by atoms with Crippen LogP contribution in [0.2, 0.25) is 0 Å². The zero-order valence-electron chi connectivity index (χ0n) is 7.96. The third-order valence-electron chi connectivity index (χ3n) is 2.97. The van der Waals surface area contributed by atoms with Gasteiger partial charge in [0.15, 0.2) is 0 Å². The highest BCUT2D eigenvalue weighted by Gasteiger charge is 2.37. The van der Waals surface area contributed by atoms with E-state index in [4.69, 9.17) is 11.6 Å². The highest BCUT2D eigenvalue weighted by Crippen LogP contribution is 2.35. The molecule has 0 saturated heterocycles. The van der Waals surface area contributed by atoms with E-state index in [1.165, 1.54) is 0 Å². The highest BCUT2D eigenvalue weighted by molar-refractivity contribution is 6.19. The zero-order chi connectivity index (χ0) is 10.1. The lowest BCUT2D eigenvalue weighted by molar-refractivity contribution is -0.0952. The Morgan fingerprint density at radius 3 is 2.77 bits per heavy atom. The summed E-state index contributed by atoms with van der Waals surface area (Å²) in [6, 6.07) is 0. The standard InChI is InChI=1S/C10H17ClO2/c1-7(6-11)8-3-4-10(2,13)9(12)5-8/h8-9,12-13H,1,3-6H2,2H3. The summed E-state index contributed by atoms with van der Waals surface area (Å²) in [5.74, 6) is 0.715. The zero-order valence-corrected chi connectivity index (χ0v) is 8.72. The maximum atomic E-state index is 9.70. The molecular formula is C10H17ClO2. The van der Waals surface area contributed by atoms with Crippen LogP contribution in [0, 0.1) is 5.92 Å². The fourth-order valence-corrected chi connectivity index (χ4v) is 1.97. The van der Waals surface area contributed by atoms with Crippen molar-refractivity contribution in [3.8, 4) is 0 Å². The van der Waals surface area contributed by atoms with Crippen molar-refractivity contribution in [2.75, 3.05) is 5.88 Å². The molecule has 0 radical (unpaired) electrons. The van der Waals surface area contributed by atoms with E-state index in [9.17, 15) is 10.2 Å². The number of hydrogen-bond donors (Lipinski definition) is 2. The Bertz CT molecular complexity index is 201. The largest absolute Gasteiger partial charge is 0.390 e. The molecule has 0 bridgehead atoms. The normalized spacial score (nSPS) is 40.3. The van der Waals surface area contributed by atoms with Gasteiger partial charge in [0.05, 0.1) is 11.7 Å². The molecule has 0 aromatic rings. The van der Waals surface area contributed by atoms with Crippen LogP contribution in [0.4, 0.5) is 0 Å². The number of allylic oxidation sites excluding steroid dienone is 1. The Morgan fingerprint density at radius 2 is 2.31 bits per heavy atom. The van der Waals surface area contributed by atoms with Gasteiger partial charge >= 0.3 is 0 Å². The first kappa shape index (κ1) is 11.0. The van der Waals surface area contributed by atoms with Crippen LogP contribution < -0.4 is 0 Å². The molecule has 3 heteroatoms. The van der Waals surface area contributed by atoms with Crippen LogP contribution in [0.5, 0.6) is 0 Å². The first-order valence-electron chi connectivity index (χ1n) is 4.61. The molecule has 0 aromatic carbocycles. The maximum absolute atomic E-state index is 9.70. The van der Waals surface area contributed by atoms with Crippen molar-refractivity contribution in [3.63, 3.8) is 0 Å². The first-order chi connectivity index (χ1) is 5.97. The van der Waals surface area contributed by atoms with Crippen molar-refractivity contribution in [2.24, 2.45) is 5.92 Å². The van der Waals surface area contributed by atoms with Gasteiger partial charge < -0.3 is 10.2 Å². The second kappa shape index (κ2) is 3.99. The molecule has 1 aliphatic rings. The minimum absolute atomic E-state index is 0.271. The van der Waals surface area contributed by atoms with Gasteiger partial charge in [-0.2, -0.15) is 0 Å². The molecule has 3 unspecified atom stereocenters. The Balaban J connectivity index is 2.56.